The molecular weight excluding hydrogens is 244 g/mol. The van der Waals surface area contributed by atoms with Crippen molar-refractivity contribution in [3.05, 3.63) is 30.3 Å². The van der Waals surface area contributed by atoms with Gasteiger partial charge >= 0.3 is 12.0 Å². The first-order chi connectivity index (χ1) is 9.08. The van der Waals surface area contributed by atoms with Gasteiger partial charge in [0.25, 0.3) is 0 Å². The van der Waals surface area contributed by atoms with Crippen molar-refractivity contribution in [1.29, 1.82) is 0 Å². The Balaban J connectivity index is 2.71. The third-order valence-electron chi connectivity index (χ3n) is 2.87. The molecule has 0 spiro atoms. The van der Waals surface area contributed by atoms with Crippen LogP contribution in [0.15, 0.2) is 30.3 Å². The van der Waals surface area contributed by atoms with E-state index in [1.54, 1.807) is 4.90 Å². The van der Waals surface area contributed by atoms with Crippen LogP contribution in [0.3, 0.4) is 0 Å². The van der Waals surface area contributed by atoms with Crippen molar-refractivity contribution in [1.82, 2.24) is 5.32 Å². The van der Waals surface area contributed by atoms with Crippen LogP contribution in [0.1, 0.15) is 26.7 Å². The molecule has 2 N–H and O–H groups in total. The summed E-state index contributed by atoms with van der Waals surface area (Å²) in [6.45, 7) is 4.26. The molecule has 0 saturated heterocycles. The summed E-state index contributed by atoms with van der Waals surface area (Å²) >= 11 is 0. The Bertz CT molecular complexity index is 420. The lowest BCUT2D eigenvalue weighted by Crippen LogP contribution is -2.45. The van der Waals surface area contributed by atoms with Gasteiger partial charge in [-0.1, -0.05) is 25.1 Å². The number of benzene rings is 1. The van der Waals surface area contributed by atoms with Gasteiger partial charge < -0.3 is 10.4 Å². The lowest BCUT2D eigenvalue weighted by Gasteiger charge is -2.24. The molecule has 0 aliphatic carbocycles. The highest BCUT2D eigenvalue weighted by Gasteiger charge is 2.18. The Morgan fingerprint density at radius 2 is 1.89 bits per heavy atom. The molecule has 0 saturated carbocycles. The van der Waals surface area contributed by atoms with E-state index < -0.39 is 5.97 Å². The van der Waals surface area contributed by atoms with Crippen LogP contribution in [-0.4, -0.2) is 29.7 Å². The molecule has 1 unspecified atom stereocenters. The van der Waals surface area contributed by atoms with E-state index in [9.17, 15) is 9.59 Å². The molecule has 5 heteroatoms. The molecule has 1 aromatic carbocycles. The van der Waals surface area contributed by atoms with Crippen LogP contribution in [0, 0.1) is 0 Å². The largest absolute Gasteiger partial charge is 0.481 e. The van der Waals surface area contributed by atoms with Crippen molar-refractivity contribution in [2.24, 2.45) is 0 Å². The van der Waals surface area contributed by atoms with E-state index in [0.717, 1.165) is 5.69 Å². The van der Waals surface area contributed by atoms with Gasteiger partial charge in [-0.25, -0.2) is 4.79 Å². The highest BCUT2D eigenvalue weighted by molar-refractivity contribution is 5.92. The van der Waals surface area contributed by atoms with Crippen LogP contribution >= 0.6 is 0 Å². The molecule has 19 heavy (non-hydrogen) atoms. The number of anilines is 1. The second-order valence-electron chi connectivity index (χ2n) is 4.23. The van der Waals surface area contributed by atoms with Crippen molar-refractivity contribution in [3.8, 4) is 0 Å². The molecule has 104 valence electrons. The zero-order valence-corrected chi connectivity index (χ0v) is 11.3. The molecule has 2 amide bonds. The number of hydrogen-bond acceptors (Lipinski definition) is 2. The summed E-state index contributed by atoms with van der Waals surface area (Å²) < 4.78 is 0. The summed E-state index contributed by atoms with van der Waals surface area (Å²) in [6, 6.07) is 8.70. The Kier molecular flexibility index (Phi) is 5.85. The minimum atomic E-state index is -0.907. The van der Waals surface area contributed by atoms with Gasteiger partial charge in [0.15, 0.2) is 0 Å². The van der Waals surface area contributed by atoms with Gasteiger partial charge in [0.2, 0.25) is 0 Å². The second kappa shape index (κ2) is 7.41. The molecule has 5 nitrogen and oxygen atoms in total. The monoisotopic (exact) mass is 264 g/mol. The maximum atomic E-state index is 12.1. The molecule has 0 aliphatic rings. The van der Waals surface area contributed by atoms with Gasteiger partial charge in [0, 0.05) is 18.3 Å². The van der Waals surface area contributed by atoms with Crippen LogP contribution in [0.2, 0.25) is 0 Å². The standard InChI is InChI=1S/C14H20N2O3/c1-3-11(10-13(17)18)15-14(19)16(4-2)12-8-6-5-7-9-12/h5-9,11H,3-4,10H2,1-2H3,(H,15,19)(H,17,18). The minimum Gasteiger partial charge on any atom is -0.481 e. The number of urea groups is 1. The number of carboxylic acids is 1. The van der Waals surface area contributed by atoms with Gasteiger partial charge in [-0.05, 0) is 25.5 Å². The van der Waals surface area contributed by atoms with Crippen molar-refractivity contribution < 1.29 is 14.7 Å². The minimum absolute atomic E-state index is 0.0609. The number of carbonyl (C=O) groups is 2. The molecule has 0 heterocycles. The van der Waals surface area contributed by atoms with Crippen LogP contribution in [-0.2, 0) is 4.79 Å². The zero-order chi connectivity index (χ0) is 14.3. The van der Waals surface area contributed by atoms with Gasteiger partial charge in [0.05, 0.1) is 6.42 Å². The molecule has 1 rings (SSSR count). The van der Waals surface area contributed by atoms with E-state index in [4.69, 9.17) is 5.11 Å². The number of carboxylic acid groups (broad SMARTS) is 1. The van der Waals surface area contributed by atoms with Crippen LogP contribution < -0.4 is 10.2 Å². The van der Waals surface area contributed by atoms with Gasteiger partial charge in [-0.15, -0.1) is 0 Å². The SMILES string of the molecule is CCC(CC(=O)O)NC(=O)N(CC)c1ccccc1. The predicted molar refractivity (Wildman–Crippen MR) is 74.3 cm³/mol. The lowest BCUT2D eigenvalue weighted by atomic mass is 10.1. The van der Waals surface area contributed by atoms with Crippen molar-refractivity contribution in [2.75, 3.05) is 11.4 Å². The number of para-hydroxylation sites is 1. The third kappa shape index (κ3) is 4.62. The topological polar surface area (TPSA) is 69.6 Å². The van der Waals surface area contributed by atoms with Gasteiger partial charge in [-0.3, -0.25) is 9.69 Å². The van der Waals surface area contributed by atoms with Crippen LogP contribution in [0.4, 0.5) is 10.5 Å². The third-order valence-corrected chi connectivity index (χ3v) is 2.87. The molecule has 0 aliphatic heterocycles. The number of rotatable bonds is 6. The van der Waals surface area contributed by atoms with Crippen LogP contribution in [0.25, 0.3) is 0 Å². The smallest absolute Gasteiger partial charge is 0.322 e. The fraction of sp³-hybridized carbons (Fsp3) is 0.429. The number of amides is 2. The fourth-order valence-electron chi connectivity index (χ4n) is 1.81. The number of aliphatic carboxylic acids is 1. The van der Waals surface area contributed by atoms with E-state index in [-0.39, 0.29) is 18.5 Å². The molecule has 1 atom stereocenters. The normalized spacial score (nSPS) is 11.7. The molecule has 0 fully saturated rings. The molecule has 0 bridgehead atoms. The summed E-state index contributed by atoms with van der Waals surface area (Å²) in [4.78, 5) is 24.4. The first kappa shape index (κ1) is 15.0. The van der Waals surface area contributed by atoms with E-state index in [1.165, 1.54) is 0 Å². The number of nitrogens with one attached hydrogen (secondary N) is 1. The maximum Gasteiger partial charge on any atom is 0.322 e. The average Bonchev–Trinajstić information content (AvgIpc) is 2.39. The Morgan fingerprint density at radius 3 is 2.37 bits per heavy atom. The first-order valence-corrected chi connectivity index (χ1v) is 6.43. The number of hydrogen-bond donors (Lipinski definition) is 2. The number of carbonyl (C=O) groups excluding carboxylic acids is 1. The molecular formula is C14H20N2O3. The summed E-state index contributed by atoms with van der Waals surface area (Å²) in [6.07, 6.45) is 0.527. The predicted octanol–water partition coefficient (Wildman–Crippen LogP) is 2.48. The van der Waals surface area contributed by atoms with E-state index in [0.29, 0.717) is 13.0 Å². The van der Waals surface area contributed by atoms with E-state index in [2.05, 4.69) is 5.32 Å². The summed E-state index contributed by atoms with van der Waals surface area (Å²) in [5, 5.41) is 11.5. The van der Waals surface area contributed by atoms with E-state index >= 15 is 0 Å². The van der Waals surface area contributed by atoms with Crippen molar-refractivity contribution >= 4 is 17.7 Å². The average molecular weight is 264 g/mol. The molecule has 0 radical (unpaired) electrons. The Morgan fingerprint density at radius 1 is 1.26 bits per heavy atom. The summed E-state index contributed by atoms with van der Waals surface area (Å²) in [5.74, 6) is -0.907. The first-order valence-electron chi connectivity index (χ1n) is 6.43. The zero-order valence-electron chi connectivity index (χ0n) is 11.3. The van der Waals surface area contributed by atoms with Crippen molar-refractivity contribution in [3.63, 3.8) is 0 Å². The molecule has 0 aromatic heterocycles. The number of nitrogens with zero attached hydrogens (tertiary/aromatic N) is 1. The van der Waals surface area contributed by atoms with Crippen molar-refractivity contribution in [2.45, 2.75) is 32.7 Å². The highest BCUT2D eigenvalue weighted by Crippen LogP contribution is 2.13. The van der Waals surface area contributed by atoms with E-state index in [1.807, 2.05) is 44.2 Å². The second-order valence-corrected chi connectivity index (χ2v) is 4.23. The Labute approximate surface area is 113 Å². The Hall–Kier alpha value is -2.04. The lowest BCUT2D eigenvalue weighted by molar-refractivity contribution is -0.137. The van der Waals surface area contributed by atoms with Gasteiger partial charge in [0.1, 0.15) is 0 Å². The molecule has 1 aromatic rings. The summed E-state index contributed by atoms with van der Waals surface area (Å²) in [7, 11) is 0. The highest BCUT2D eigenvalue weighted by atomic mass is 16.4. The quantitative estimate of drug-likeness (QED) is 0.829. The van der Waals surface area contributed by atoms with Gasteiger partial charge in [-0.2, -0.15) is 0 Å². The van der Waals surface area contributed by atoms with Crippen LogP contribution in [0.5, 0.6) is 0 Å². The maximum absolute atomic E-state index is 12.1. The fourth-order valence-corrected chi connectivity index (χ4v) is 1.81. The summed E-state index contributed by atoms with van der Waals surface area (Å²) in [5.41, 5.74) is 0.799.